The fourth-order valence-corrected chi connectivity index (χ4v) is 2.65. The Morgan fingerprint density at radius 1 is 1.45 bits per heavy atom. The zero-order chi connectivity index (χ0) is 15.6. The molecule has 1 aliphatic rings. The summed E-state index contributed by atoms with van der Waals surface area (Å²) in [5, 5.41) is 3.84. The van der Waals surface area contributed by atoms with Crippen molar-refractivity contribution >= 4 is 5.91 Å². The van der Waals surface area contributed by atoms with E-state index in [-0.39, 0.29) is 24.8 Å². The molecule has 22 heavy (non-hydrogen) atoms. The van der Waals surface area contributed by atoms with Crippen LogP contribution in [0.1, 0.15) is 32.1 Å². The van der Waals surface area contributed by atoms with Crippen molar-refractivity contribution in [3.05, 3.63) is 30.4 Å². The molecule has 0 spiro atoms. The van der Waals surface area contributed by atoms with Gasteiger partial charge in [-0.15, -0.1) is 0 Å². The second-order valence-corrected chi connectivity index (χ2v) is 5.40. The van der Waals surface area contributed by atoms with Crippen LogP contribution in [0.15, 0.2) is 29.0 Å². The fraction of sp³-hybridized carbons (Fsp3) is 0.467. The average molecular weight is 304 g/mol. The van der Waals surface area contributed by atoms with Crippen LogP contribution in [0, 0.1) is 0 Å². The molecular weight excluding hydrogens is 287 g/mol. The van der Waals surface area contributed by atoms with E-state index in [4.69, 9.17) is 4.52 Å². The van der Waals surface area contributed by atoms with Gasteiger partial charge in [0.2, 0.25) is 17.4 Å². The van der Waals surface area contributed by atoms with Crippen molar-refractivity contribution in [1.29, 1.82) is 0 Å². The standard InChI is InChI=1S/C15H17FN4O2/c1-2-12(21)20-9-3-6-15(16,10-20)14-18-13(19-22-14)11-4-7-17-8-5-11/h4-5,7-8H,2-3,6,9-10H2,1H3. The molecule has 1 unspecified atom stereocenters. The van der Waals surface area contributed by atoms with Gasteiger partial charge in [-0.1, -0.05) is 12.1 Å². The Kier molecular flexibility index (Phi) is 3.87. The number of rotatable bonds is 3. The Morgan fingerprint density at radius 3 is 2.95 bits per heavy atom. The van der Waals surface area contributed by atoms with Gasteiger partial charge in [0, 0.05) is 30.9 Å². The molecule has 7 heteroatoms. The van der Waals surface area contributed by atoms with Crippen molar-refractivity contribution in [3.63, 3.8) is 0 Å². The van der Waals surface area contributed by atoms with E-state index in [0.717, 1.165) is 0 Å². The maximum Gasteiger partial charge on any atom is 0.266 e. The van der Waals surface area contributed by atoms with Crippen LogP contribution in [-0.4, -0.2) is 39.0 Å². The third-order valence-corrected chi connectivity index (χ3v) is 3.85. The van der Waals surface area contributed by atoms with E-state index in [1.807, 2.05) is 0 Å². The summed E-state index contributed by atoms with van der Waals surface area (Å²) >= 11 is 0. The molecule has 0 aromatic carbocycles. The number of carbonyl (C=O) groups is 1. The SMILES string of the molecule is CCC(=O)N1CCCC(F)(c2nc(-c3ccncc3)no2)C1. The number of aromatic nitrogens is 3. The Morgan fingerprint density at radius 2 is 2.23 bits per heavy atom. The third kappa shape index (κ3) is 2.70. The lowest BCUT2D eigenvalue weighted by Gasteiger charge is -2.34. The molecule has 1 amide bonds. The number of nitrogens with zero attached hydrogens (tertiary/aromatic N) is 4. The van der Waals surface area contributed by atoms with E-state index in [1.54, 1.807) is 31.5 Å². The monoisotopic (exact) mass is 304 g/mol. The number of piperidine rings is 1. The highest BCUT2D eigenvalue weighted by molar-refractivity contribution is 5.76. The van der Waals surface area contributed by atoms with Crippen LogP contribution in [0.4, 0.5) is 4.39 Å². The van der Waals surface area contributed by atoms with Crippen LogP contribution in [0.3, 0.4) is 0 Å². The van der Waals surface area contributed by atoms with E-state index in [9.17, 15) is 4.79 Å². The highest BCUT2D eigenvalue weighted by Crippen LogP contribution is 2.35. The molecule has 1 aliphatic heterocycles. The zero-order valence-corrected chi connectivity index (χ0v) is 12.3. The molecule has 6 nitrogen and oxygen atoms in total. The Bertz CT molecular complexity index is 661. The maximum atomic E-state index is 15.2. The highest BCUT2D eigenvalue weighted by atomic mass is 19.1. The normalized spacial score (nSPS) is 21.8. The van der Waals surface area contributed by atoms with Gasteiger partial charge in [0.25, 0.3) is 5.89 Å². The second kappa shape index (κ2) is 5.82. The summed E-state index contributed by atoms with van der Waals surface area (Å²) in [7, 11) is 0. The number of likely N-dealkylation sites (tertiary alicyclic amines) is 1. The van der Waals surface area contributed by atoms with Gasteiger partial charge in [-0.05, 0) is 25.0 Å². The Hall–Kier alpha value is -2.31. The number of hydrogen-bond acceptors (Lipinski definition) is 5. The number of hydrogen-bond donors (Lipinski definition) is 0. The molecule has 3 heterocycles. The number of pyridine rings is 1. The molecule has 0 bridgehead atoms. The molecule has 0 saturated carbocycles. The number of amides is 1. The molecule has 0 radical (unpaired) electrons. The molecular formula is C15H17FN4O2. The van der Waals surface area contributed by atoms with E-state index >= 15 is 4.39 Å². The second-order valence-electron chi connectivity index (χ2n) is 5.40. The van der Waals surface area contributed by atoms with Crippen LogP contribution in [0.5, 0.6) is 0 Å². The lowest BCUT2D eigenvalue weighted by Crippen LogP contribution is -2.46. The quantitative estimate of drug-likeness (QED) is 0.870. The van der Waals surface area contributed by atoms with E-state index < -0.39 is 5.67 Å². The summed E-state index contributed by atoms with van der Waals surface area (Å²) in [5.74, 6) is 0.205. The van der Waals surface area contributed by atoms with Crippen LogP contribution in [0.2, 0.25) is 0 Å². The Balaban J connectivity index is 1.84. The van der Waals surface area contributed by atoms with Crippen LogP contribution in [-0.2, 0) is 10.5 Å². The molecule has 0 N–H and O–H groups in total. The van der Waals surface area contributed by atoms with Crippen molar-refractivity contribution in [2.24, 2.45) is 0 Å². The summed E-state index contributed by atoms with van der Waals surface area (Å²) in [6.07, 6.45) is 4.44. The topological polar surface area (TPSA) is 72.1 Å². The van der Waals surface area contributed by atoms with Gasteiger partial charge in [-0.3, -0.25) is 9.78 Å². The number of halogens is 1. The number of alkyl halides is 1. The third-order valence-electron chi connectivity index (χ3n) is 3.85. The smallest absolute Gasteiger partial charge is 0.266 e. The minimum Gasteiger partial charge on any atom is -0.339 e. The predicted octanol–water partition coefficient (Wildman–Crippen LogP) is 2.33. The highest BCUT2D eigenvalue weighted by Gasteiger charge is 2.43. The Labute approximate surface area is 127 Å². The maximum absolute atomic E-state index is 15.2. The van der Waals surface area contributed by atoms with Crippen LogP contribution < -0.4 is 0 Å². The minimum absolute atomic E-state index is 0.0301. The molecule has 2 aromatic heterocycles. The summed E-state index contributed by atoms with van der Waals surface area (Å²) < 4.78 is 20.3. The molecule has 2 aromatic rings. The lowest BCUT2D eigenvalue weighted by atomic mass is 9.94. The minimum atomic E-state index is -1.78. The van der Waals surface area contributed by atoms with E-state index in [2.05, 4.69) is 15.1 Å². The molecule has 1 saturated heterocycles. The summed E-state index contributed by atoms with van der Waals surface area (Å²) in [6.45, 7) is 2.31. The van der Waals surface area contributed by atoms with Crippen LogP contribution in [0.25, 0.3) is 11.4 Å². The van der Waals surface area contributed by atoms with Gasteiger partial charge in [0.05, 0.1) is 6.54 Å². The average Bonchev–Trinajstić information content (AvgIpc) is 3.06. The van der Waals surface area contributed by atoms with Gasteiger partial charge in [0.15, 0.2) is 0 Å². The zero-order valence-electron chi connectivity index (χ0n) is 12.3. The largest absolute Gasteiger partial charge is 0.339 e. The van der Waals surface area contributed by atoms with E-state index in [0.29, 0.717) is 30.8 Å². The first-order chi connectivity index (χ1) is 10.6. The lowest BCUT2D eigenvalue weighted by molar-refractivity contribution is -0.135. The van der Waals surface area contributed by atoms with Crippen molar-refractivity contribution in [2.45, 2.75) is 31.9 Å². The molecule has 0 aliphatic carbocycles. The summed E-state index contributed by atoms with van der Waals surface area (Å²) in [5.41, 5.74) is -1.06. The van der Waals surface area contributed by atoms with Crippen molar-refractivity contribution < 1.29 is 13.7 Å². The molecule has 116 valence electrons. The summed E-state index contributed by atoms with van der Waals surface area (Å²) in [4.78, 5) is 21.4. The first kappa shape index (κ1) is 14.6. The molecule has 1 fully saturated rings. The van der Waals surface area contributed by atoms with Crippen molar-refractivity contribution in [2.75, 3.05) is 13.1 Å². The van der Waals surface area contributed by atoms with Gasteiger partial charge in [-0.25, -0.2) is 4.39 Å². The van der Waals surface area contributed by atoms with Gasteiger partial charge < -0.3 is 9.42 Å². The molecule has 1 atom stereocenters. The van der Waals surface area contributed by atoms with Crippen molar-refractivity contribution in [3.8, 4) is 11.4 Å². The van der Waals surface area contributed by atoms with Crippen LogP contribution >= 0.6 is 0 Å². The fourth-order valence-electron chi connectivity index (χ4n) is 2.65. The van der Waals surface area contributed by atoms with E-state index in [1.165, 1.54) is 4.90 Å². The van der Waals surface area contributed by atoms with Crippen molar-refractivity contribution in [1.82, 2.24) is 20.0 Å². The van der Waals surface area contributed by atoms with Gasteiger partial charge >= 0.3 is 0 Å². The summed E-state index contributed by atoms with van der Waals surface area (Å²) in [6, 6.07) is 3.46. The van der Waals surface area contributed by atoms with Gasteiger partial charge in [0.1, 0.15) is 0 Å². The predicted molar refractivity (Wildman–Crippen MR) is 76.4 cm³/mol. The van der Waals surface area contributed by atoms with Gasteiger partial charge in [-0.2, -0.15) is 4.98 Å². The first-order valence-electron chi connectivity index (χ1n) is 7.33. The molecule has 3 rings (SSSR count). The first-order valence-corrected chi connectivity index (χ1v) is 7.33. The number of carbonyl (C=O) groups excluding carboxylic acids is 1.